The number of carboxylic acids is 1. The molecule has 0 fully saturated rings. The minimum Gasteiger partial charge on any atom is -0.474 e. The summed E-state index contributed by atoms with van der Waals surface area (Å²) in [6, 6.07) is 8.93. The lowest BCUT2D eigenvalue weighted by atomic mass is 10.1. The van der Waals surface area contributed by atoms with Gasteiger partial charge in [0, 0.05) is 29.3 Å². The smallest absolute Gasteiger partial charge is 0.394 e. The van der Waals surface area contributed by atoms with E-state index in [4.69, 9.17) is 9.84 Å². The van der Waals surface area contributed by atoms with Gasteiger partial charge in [0.1, 0.15) is 5.75 Å². The molecule has 0 unspecified atom stereocenters. The second-order valence-electron chi connectivity index (χ2n) is 6.39. The zero-order valence-electron chi connectivity index (χ0n) is 15.0. The number of halogens is 2. The van der Waals surface area contributed by atoms with E-state index in [0.717, 1.165) is 23.0 Å². The molecule has 3 aromatic rings. The van der Waals surface area contributed by atoms with Gasteiger partial charge in [0.05, 0.1) is 8.95 Å². The van der Waals surface area contributed by atoms with Gasteiger partial charge in [-0.1, -0.05) is 0 Å². The quantitative estimate of drug-likeness (QED) is 0.437. The van der Waals surface area contributed by atoms with Crippen molar-refractivity contribution in [3.63, 3.8) is 0 Å². The fourth-order valence-electron chi connectivity index (χ4n) is 2.72. The molecule has 0 atom stereocenters. The van der Waals surface area contributed by atoms with Crippen LogP contribution >= 0.6 is 31.9 Å². The Morgan fingerprint density at radius 1 is 1.18 bits per heavy atom. The van der Waals surface area contributed by atoms with Gasteiger partial charge in [-0.3, -0.25) is 4.79 Å². The Kier molecular flexibility index (Phi) is 6.07. The Morgan fingerprint density at radius 3 is 2.46 bits per heavy atom. The van der Waals surface area contributed by atoms with Crippen LogP contribution in [0.3, 0.4) is 0 Å². The molecule has 0 aliphatic heterocycles. The fourth-order valence-corrected chi connectivity index (χ4v) is 4.07. The number of H-pyrrole nitrogens is 1. The number of aromatic nitrogens is 1. The Hall–Kier alpha value is -2.36. The predicted octanol–water partition coefficient (Wildman–Crippen LogP) is 4.57. The van der Waals surface area contributed by atoms with Gasteiger partial charge in [-0.25, -0.2) is 4.79 Å². The van der Waals surface area contributed by atoms with Crippen molar-refractivity contribution < 1.29 is 19.4 Å². The predicted molar refractivity (Wildman–Crippen MR) is 114 cm³/mol. The summed E-state index contributed by atoms with van der Waals surface area (Å²) in [6.45, 7) is 0.800. The summed E-state index contributed by atoms with van der Waals surface area (Å²) in [4.78, 5) is 27.4. The minimum absolute atomic E-state index is 0.327. The lowest BCUT2D eigenvalue weighted by molar-refractivity contribution is -0.147. The number of aromatic amines is 1. The van der Waals surface area contributed by atoms with E-state index in [1.807, 2.05) is 38.5 Å². The van der Waals surface area contributed by atoms with Crippen LogP contribution in [0.2, 0.25) is 0 Å². The van der Waals surface area contributed by atoms with Crippen molar-refractivity contribution in [3.05, 3.63) is 51.0 Å². The number of amides is 1. The molecule has 0 aliphatic carbocycles. The maximum absolute atomic E-state index is 11.3. The molecule has 2 aromatic carbocycles. The van der Waals surface area contributed by atoms with Crippen LogP contribution in [0.1, 0.15) is 5.56 Å². The van der Waals surface area contributed by atoms with Gasteiger partial charge in [-0.15, -0.1) is 0 Å². The van der Waals surface area contributed by atoms with Crippen LogP contribution in [0.25, 0.3) is 10.9 Å². The maximum Gasteiger partial charge on any atom is 0.394 e. The van der Waals surface area contributed by atoms with Crippen LogP contribution in [0, 0.1) is 0 Å². The zero-order valence-corrected chi connectivity index (χ0v) is 18.2. The zero-order chi connectivity index (χ0) is 20.4. The second kappa shape index (κ2) is 8.34. The summed E-state index contributed by atoms with van der Waals surface area (Å²) < 4.78 is 7.16. The molecule has 0 aliphatic rings. The number of hydrogen-bond acceptors (Lipinski definition) is 4. The van der Waals surface area contributed by atoms with Crippen molar-refractivity contribution in [2.24, 2.45) is 0 Å². The first kappa shape index (κ1) is 20.4. The van der Waals surface area contributed by atoms with Gasteiger partial charge in [0.25, 0.3) is 0 Å². The summed E-state index contributed by atoms with van der Waals surface area (Å²) in [5, 5.41) is 12.1. The van der Waals surface area contributed by atoms with Gasteiger partial charge in [-0.2, -0.15) is 0 Å². The summed E-state index contributed by atoms with van der Waals surface area (Å²) >= 11 is 6.81. The number of benzene rings is 2. The number of rotatable bonds is 5. The molecule has 146 valence electrons. The Balaban J connectivity index is 1.88. The Morgan fingerprint density at radius 2 is 1.86 bits per heavy atom. The van der Waals surface area contributed by atoms with Crippen molar-refractivity contribution in [3.8, 4) is 11.5 Å². The first-order valence-electron chi connectivity index (χ1n) is 8.20. The van der Waals surface area contributed by atoms with Gasteiger partial charge in [0.2, 0.25) is 0 Å². The van der Waals surface area contributed by atoms with Crippen LogP contribution in [-0.4, -0.2) is 41.0 Å². The second-order valence-corrected chi connectivity index (χ2v) is 8.10. The number of aliphatic carboxylic acids is 1. The number of carboxylic acid groups (broad SMARTS) is 1. The van der Waals surface area contributed by atoms with E-state index in [-0.39, 0.29) is 0 Å². The molecule has 7 nitrogen and oxygen atoms in total. The number of hydrogen-bond donors (Lipinski definition) is 3. The SMILES string of the molecule is CN(C)Cc1c[nH]c2ccc(Oc3c(Br)cc(NC(=O)C(=O)O)cc3Br)cc12. The van der Waals surface area contributed by atoms with Crippen molar-refractivity contribution in [1.82, 2.24) is 9.88 Å². The highest BCUT2D eigenvalue weighted by Crippen LogP contribution is 2.40. The summed E-state index contributed by atoms with van der Waals surface area (Å²) in [5.74, 6) is -1.51. The van der Waals surface area contributed by atoms with Gasteiger partial charge >= 0.3 is 11.9 Å². The molecular weight excluding hydrogens is 494 g/mol. The molecule has 9 heteroatoms. The third-order valence-electron chi connectivity index (χ3n) is 3.90. The molecule has 0 bridgehead atoms. The maximum atomic E-state index is 11.3. The lowest BCUT2D eigenvalue weighted by Crippen LogP contribution is -2.21. The topological polar surface area (TPSA) is 94.7 Å². The molecule has 0 saturated heterocycles. The third kappa shape index (κ3) is 4.54. The molecule has 1 heterocycles. The van der Waals surface area contributed by atoms with E-state index in [1.54, 1.807) is 12.1 Å². The molecule has 3 N–H and O–H groups in total. The number of ether oxygens (including phenoxy) is 1. The van der Waals surface area contributed by atoms with Crippen LogP contribution in [-0.2, 0) is 16.1 Å². The molecule has 1 amide bonds. The van der Waals surface area contributed by atoms with E-state index >= 15 is 0 Å². The number of carbonyl (C=O) groups excluding carboxylic acids is 1. The van der Waals surface area contributed by atoms with Crippen LogP contribution in [0.4, 0.5) is 5.69 Å². The largest absolute Gasteiger partial charge is 0.474 e. The molecule has 1 aromatic heterocycles. The molecule has 0 spiro atoms. The Labute approximate surface area is 177 Å². The fraction of sp³-hybridized carbons (Fsp3) is 0.158. The first-order chi connectivity index (χ1) is 13.2. The van der Waals surface area contributed by atoms with Gasteiger partial charge < -0.3 is 25.0 Å². The normalized spacial score (nSPS) is 11.0. The Bertz CT molecular complexity index is 1040. The highest BCUT2D eigenvalue weighted by Gasteiger charge is 2.16. The number of fused-ring (bicyclic) bond motifs is 1. The average molecular weight is 511 g/mol. The molecule has 28 heavy (non-hydrogen) atoms. The highest BCUT2D eigenvalue weighted by molar-refractivity contribution is 9.11. The van der Waals surface area contributed by atoms with Crippen LogP contribution in [0.15, 0.2) is 45.5 Å². The van der Waals surface area contributed by atoms with E-state index < -0.39 is 11.9 Å². The van der Waals surface area contributed by atoms with Gasteiger partial charge in [-0.05, 0) is 81.9 Å². The minimum atomic E-state index is -1.55. The highest BCUT2D eigenvalue weighted by atomic mass is 79.9. The number of nitrogens with zero attached hydrogens (tertiary/aromatic N) is 1. The standard InChI is InChI=1S/C19H17Br2N3O4/c1-24(2)9-10-8-22-16-4-3-12(7-13(10)16)28-17-14(20)5-11(6-15(17)21)23-18(25)19(26)27/h3-8,22H,9H2,1-2H3,(H,23,25)(H,26,27). The van der Waals surface area contributed by atoms with E-state index in [2.05, 4.69) is 47.1 Å². The van der Waals surface area contributed by atoms with Crippen molar-refractivity contribution in [2.75, 3.05) is 19.4 Å². The number of anilines is 1. The number of nitrogens with one attached hydrogen (secondary N) is 2. The molecular formula is C19H17Br2N3O4. The molecule has 3 rings (SSSR count). The van der Waals surface area contributed by atoms with Gasteiger partial charge in [0.15, 0.2) is 5.75 Å². The average Bonchev–Trinajstić information content (AvgIpc) is 2.99. The van der Waals surface area contributed by atoms with E-state index in [1.165, 1.54) is 0 Å². The molecule has 0 radical (unpaired) electrons. The van der Waals surface area contributed by atoms with Crippen LogP contribution in [0.5, 0.6) is 11.5 Å². The monoisotopic (exact) mass is 509 g/mol. The van der Waals surface area contributed by atoms with Crippen molar-refractivity contribution in [1.29, 1.82) is 0 Å². The third-order valence-corrected chi connectivity index (χ3v) is 5.07. The molecule has 0 saturated carbocycles. The van der Waals surface area contributed by atoms with Crippen LogP contribution < -0.4 is 10.1 Å². The van der Waals surface area contributed by atoms with Crippen molar-refractivity contribution in [2.45, 2.75) is 6.54 Å². The van der Waals surface area contributed by atoms with E-state index in [0.29, 0.717) is 26.1 Å². The first-order valence-corrected chi connectivity index (χ1v) is 9.79. The van der Waals surface area contributed by atoms with E-state index in [9.17, 15) is 9.59 Å². The summed E-state index contributed by atoms with van der Waals surface area (Å²) in [6.07, 6.45) is 1.99. The lowest BCUT2D eigenvalue weighted by Gasteiger charge is -2.13. The summed E-state index contributed by atoms with van der Waals surface area (Å²) in [7, 11) is 4.02. The number of carbonyl (C=O) groups is 2. The van der Waals surface area contributed by atoms with Crippen molar-refractivity contribution >= 4 is 60.3 Å². The summed E-state index contributed by atoms with van der Waals surface area (Å²) in [5.41, 5.74) is 2.51.